The van der Waals surface area contributed by atoms with Crippen LogP contribution in [-0.4, -0.2) is 16.5 Å². The third-order valence-corrected chi connectivity index (χ3v) is 3.33. The van der Waals surface area contributed by atoms with Crippen molar-refractivity contribution in [2.24, 2.45) is 0 Å². The highest BCUT2D eigenvalue weighted by Gasteiger charge is 2.10. The van der Waals surface area contributed by atoms with Crippen LogP contribution in [0, 0.1) is 5.82 Å². The van der Waals surface area contributed by atoms with Gasteiger partial charge in [-0.2, -0.15) is 0 Å². The van der Waals surface area contributed by atoms with E-state index in [2.05, 4.69) is 15.3 Å². The van der Waals surface area contributed by atoms with Crippen molar-refractivity contribution >= 4 is 11.8 Å². The van der Waals surface area contributed by atoms with Gasteiger partial charge < -0.3 is 10.3 Å². The van der Waals surface area contributed by atoms with Crippen molar-refractivity contribution in [3.05, 3.63) is 42.0 Å². The van der Waals surface area contributed by atoms with Gasteiger partial charge in [0.05, 0.1) is 0 Å². The number of aromatic nitrogens is 2. The fourth-order valence-corrected chi connectivity index (χ4v) is 2.36. The van der Waals surface area contributed by atoms with Gasteiger partial charge in [0.25, 0.3) is 0 Å². The van der Waals surface area contributed by atoms with E-state index >= 15 is 0 Å². The van der Waals surface area contributed by atoms with E-state index in [-0.39, 0.29) is 5.82 Å². The highest BCUT2D eigenvalue weighted by atomic mass is 32.2. The van der Waals surface area contributed by atoms with Gasteiger partial charge in [-0.1, -0.05) is 24.8 Å². The minimum Gasteiger partial charge on any atom is -0.339 e. The molecule has 1 heterocycles. The molecule has 2 N–H and O–H groups in total. The molecule has 0 aliphatic rings. The lowest BCUT2D eigenvalue weighted by molar-refractivity contribution is 0.585. The first-order chi connectivity index (χ1) is 8.31. The van der Waals surface area contributed by atoms with Gasteiger partial charge in [0, 0.05) is 29.4 Å². The lowest BCUT2D eigenvalue weighted by Crippen LogP contribution is -2.13. The Bertz CT molecular complexity index is 471. The van der Waals surface area contributed by atoms with Gasteiger partial charge in [-0.25, -0.2) is 9.37 Å². The topological polar surface area (TPSA) is 40.7 Å². The summed E-state index contributed by atoms with van der Waals surface area (Å²) < 4.78 is 13.7. The number of aromatic amines is 1. The fourth-order valence-electron chi connectivity index (χ4n) is 1.47. The van der Waals surface area contributed by atoms with E-state index in [0.29, 0.717) is 12.1 Å². The maximum absolute atomic E-state index is 13.7. The number of hydrogen-bond acceptors (Lipinski definition) is 3. The summed E-state index contributed by atoms with van der Waals surface area (Å²) >= 11 is 1.44. The van der Waals surface area contributed by atoms with Crippen LogP contribution in [-0.2, 0) is 6.54 Å². The average Bonchev–Trinajstić information content (AvgIpc) is 2.81. The zero-order valence-corrected chi connectivity index (χ0v) is 10.4. The van der Waals surface area contributed by atoms with Crippen LogP contribution < -0.4 is 5.32 Å². The highest BCUT2D eigenvalue weighted by Crippen LogP contribution is 2.29. The normalized spacial score (nSPS) is 10.7. The molecular formula is C12H14FN3S. The summed E-state index contributed by atoms with van der Waals surface area (Å²) in [6.07, 6.45) is 3.44. The number of nitrogens with zero attached hydrogens (tertiary/aromatic N) is 1. The average molecular weight is 251 g/mol. The second kappa shape index (κ2) is 5.84. The Morgan fingerprint density at radius 1 is 1.47 bits per heavy atom. The van der Waals surface area contributed by atoms with Gasteiger partial charge in [0.2, 0.25) is 0 Å². The van der Waals surface area contributed by atoms with Crippen LogP contribution in [0.15, 0.2) is 40.6 Å². The van der Waals surface area contributed by atoms with E-state index in [9.17, 15) is 4.39 Å². The molecule has 0 fully saturated rings. The second-order valence-corrected chi connectivity index (χ2v) is 4.52. The summed E-state index contributed by atoms with van der Waals surface area (Å²) in [5.74, 6) is -0.178. The number of hydrogen-bond donors (Lipinski definition) is 2. The minimum atomic E-state index is -0.178. The van der Waals surface area contributed by atoms with E-state index in [0.717, 1.165) is 16.6 Å². The molecule has 0 atom stereocenters. The Morgan fingerprint density at radius 3 is 3.06 bits per heavy atom. The molecule has 90 valence electrons. The summed E-state index contributed by atoms with van der Waals surface area (Å²) in [6, 6.07) is 5.11. The molecule has 0 aliphatic heterocycles. The molecule has 2 rings (SSSR count). The SMILES string of the molecule is CCNCc1c(F)cccc1Sc1ncc[nH]1. The van der Waals surface area contributed by atoms with Crippen LogP contribution >= 0.6 is 11.8 Å². The third-order valence-electron chi connectivity index (χ3n) is 2.31. The molecule has 0 radical (unpaired) electrons. The Kier molecular flexibility index (Phi) is 4.17. The molecule has 5 heteroatoms. The first-order valence-electron chi connectivity index (χ1n) is 5.46. The molecule has 0 bridgehead atoms. The summed E-state index contributed by atoms with van der Waals surface area (Å²) in [5.41, 5.74) is 0.691. The fraction of sp³-hybridized carbons (Fsp3) is 0.250. The third kappa shape index (κ3) is 3.08. The first kappa shape index (κ1) is 12.1. The van der Waals surface area contributed by atoms with Crippen LogP contribution in [0.4, 0.5) is 4.39 Å². The van der Waals surface area contributed by atoms with E-state index in [1.165, 1.54) is 17.8 Å². The van der Waals surface area contributed by atoms with Crippen molar-refractivity contribution in [1.82, 2.24) is 15.3 Å². The number of H-pyrrole nitrogens is 1. The number of halogens is 1. The van der Waals surface area contributed by atoms with Gasteiger partial charge in [-0.05, 0) is 18.7 Å². The van der Waals surface area contributed by atoms with Gasteiger partial charge in [0.1, 0.15) is 5.82 Å². The second-order valence-electron chi connectivity index (χ2n) is 3.49. The summed E-state index contributed by atoms with van der Waals surface area (Å²) in [5, 5.41) is 3.91. The molecule has 17 heavy (non-hydrogen) atoms. The molecule has 1 aromatic heterocycles. The van der Waals surface area contributed by atoms with Crippen LogP contribution in [0.1, 0.15) is 12.5 Å². The highest BCUT2D eigenvalue weighted by molar-refractivity contribution is 7.99. The van der Waals surface area contributed by atoms with Gasteiger partial charge in [-0.3, -0.25) is 0 Å². The molecule has 0 saturated heterocycles. The number of rotatable bonds is 5. The van der Waals surface area contributed by atoms with E-state index in [1.54, 1.807) is 18.5 Å². The van der Waals surface area contributed by atoms with Crippen LogP contribution in [0.3, 0.4) is 0 Å². The lowest BCUT2D eigenvalue weighted by Gasteiger charge is -2.09. The Labute approximate surface area is 104 Å². The predicted octanol–water partition coefficient (Wildman–Crippen LogP) is 2.81. The summed E-state index contributed by atoms with van der Waals surface area (Å²) in [4.78, 5) is 8.01. The van der Waals surface area contributed by atoms with Crippen molar-refractivity contribution in [3.63, 3.8) is 0 Å². The summed E-state index contributed by atoms with van der Waals surface area (Å²) in [7, 11) is 0. The maximum atomic E-state index is 13.7. The van der Waals surface area contributed by atoms with Gasteiger partial charge >= 0.3 is 0 Å². The maximum Gasteiger partial charge on any atom is 0.170 e. The number of nitrogens with one attached hydrogen (secondary N) is 2. The molecule has 3 nitrogen and oxygen atoms in total. The number of benzene rings is 1. The van der Waals surface area contributed by atoms with Gasteiger partial charge in [0.15, 0.2) is 5.16 Å². The van der Waals surface area contributed by atoms with E-state index in [4.69, 9.17) is 0 Å². The van der Waals surface area contributed by atoms with Crippen molar-refractivity contribution in [2.45, 2.75) is 23.5 Å². The Morgan fingerprint density at radius 2 is 2.35 bits per heavy atom. The molecule has 0 spiro atoms. The molecule has 0 amide bonds. The van der Waals surface area contributed by atoms with Crippen LogP contribution in [0.25, 0.3) is 0 Å². The predicted molar refractivity (Wildman–Crippen MR) is 66.5 cm³/mol. The molecular weight excluding hydrogens is 237 g/mol. The van der Waals surface area contributed by atoms with Crippen molar-refractivity contribution in [3.8, 4) is 0 Å². The Balaban J connectivity index is 2.23. The quantitative estimate of drug-likeness (QED) is 0.858. The molecule has 1 aromatic carbocycles. The first-order valence-corrected chi connectivity index (χ1v) is 6.28. The minimum absolute atomic E-state index is 0.178. The largest absolute Gasteiger partial charge is 0.339 e. The zero-order chi connectivity index (χ0) is 12.1. The van der Waals surface area contributed by atoms with Gasteiger partial charge in [-0.15, -0.1) is 0 Å². The van der Waals surface area contributed by atoms with Crippen LogP contribution in [0.5, 0.6) is 0 Å². The smallest absolute Gasteiger partial charge is 0.170 e. The lowest BCUT2D eigenvalue weighted by atomic mass is 10.2. The number of imidazole rings is 1. The molecule has 0 aliphatic carbocycles. The summed E-state index contributed by atoms with van der Waals surface area (Å²) in [6.45, 7) is 3.35. The molecule has 2 aromatic rings. The Hall–Kier alpha value is -1.33. The van der Waals surface area contributed by atoms with Crippen molar-refractivity contribution in [1.29, 1.82) is 0 Å². The van der Waals surface area contributed by atoms with E-state index < -0.39 is 0 Å². The van der Waals surface area contributed by atoms with Crippen molar-refractivity contribution < 1.29 is 4.39 Å². The molecule has 0 saturated carbocycles. The van der Waals surface area contributed by atoms with Crippen LogP contribution in [0.2, 0.25) is 0 Å². The monoisotopic (exact) mass is 251 g/mol. The van der Waals surface area contributed by atoms with Crippen molar-refractivity contribution in [2.75, 3.05) is 6.54 Å². The standard InChI is InChI=1S/C12H14FN3S/c1-2-14-8-9-10(13)4-3-5-11(9)17-12-15-6-7-16-12/h3-7,14H,2,8H2,1H3,(H,15,16). The van der Waals surface area contributed by atoms with E-state index in [1.807, 2.05) is 13.0 Å². The molecule has 0 unspecified atom stereocenters. The zero-order valence-electron chi connectivity index (χ0n) is 9.53.